The van der Waals surface area contributed by atoms with Crippen molar-refractivity contribution in [2.45, 2.75) is 6.92 Å². The van der Waals surface area contributed by atoms with Crippen molar-refractivity contribution in [2.24, 2.45) is 0 Å². The molecule has 0 bridgehead atoms. The molecule has 0 aliphatic carbocycles. The summed E-state index contributed by atoms with van der Waals surface area (Å²) in [5.74, 6) is -0.807. The van der Waals surface area contributed by atoms with E-state index in [9.17, 15) is 14.0 Å². The van der Waals surface area contributed by atoms with Gasteiger partial charge in [0.2, 0.25) is 0 Å². The molecule has 1 aliphatic heterocycles. The minimum absolute atomic E-state index is 0.108. The first-order valence-electron chi connectivity index (χ1n) is 8.66. The molecule has 3 rings (SSSR count). The van der Waals surface area contributed by atoms with E-state index in [-0.39, 0.29) is 17.7 Å². The number of piperazine rings is 1. The molecule has 0 radical (unpaired) electrons. The van der Waals surface area contributed by atoms with Crippen molar-refractivity contribution in [1.29, 1.82) is 0 Å². The molecule has 26 heavy (non-hydrogen) atoms. The molecule has 136 valence electrons. The Balaban J connectivity index is 1.68. The quantitative estimate of drug-likeness (QED) is 0.791. The van der Waals surface area contributed by atoms with Gasteiger partial charge in [-0.3, -0.25) is 4.79 Å². The van der Waals surface area contributed by atoms with Gasteiger partial charge in [-0.1, -0.05) is 12.1 Å². The highest BCUT2D eigenvalue weighted by molar-refractivity contribution is 5.96. The Morgan fingerprint density at radius 1 is 1.00 bits per heavy atom. The molecule has 2 aromatic carbocycles. The molecule has 6 heteroatoms. The van der Waals surface area contributed by atoms with Crippen LogP contribution in [0.25, 0.3) is 0 Å². The Hall–Kier alpha value is -2.89. The van der Waals surface area contributed by atoms with Gasteiger partial charge >= 0.3 is 5.97 Å². The van der Waals surface area contributed by atoms with Crippen molar-refractivity contribution in [1.82, 2.24) is 4.90 Å². The van der Waals surface area contributed by atoms with Crippen LogP contribution in [-0.4, -0.2) is 49.6 Å². The fourth-order valence-electron chi connectivity index (χ4n) is 3.06. The molecular weight excluding hydrogens is 335 g/mol. The van der Waals surface area contributed by atoms with Crippen LogP contribution in [0.4, 0.5) is 10.1 Å². The summed E-state index contributed by atoms with van der Waals surface area (Å²) in [6, 6.07) is 12.9. The summed E-state index contributed by atoms with van der Waals surface area (Å²) in [6.45, 7) is 4.40. The van der Waals surface area contributed by atoms with E-state index in [2.05, 4.69) is 4.90 Å². The Labute approximate surface area is 152 Å². The van der Waals surface area contributed by atoms with Crippen LogP contribution in [0, 0.1) is 5.82 Å². The molecule has 1 heterocycles. The van der Waals surface area contributed by atoms with Gasteiger partial charge in [0, 0.05) is 31.7 Å². The Morgan fingerprint density at radius 2 is 1.65 bits per heavy atom. The molecule has 0 N–H and O–H groups in total. The van der Waals surface area contributed by atoms with Gasteiger partial charge in [-0.05, 0) is 43.3 Å². The second kappa shape index (κ2) is 7.99. The highest BCUT2D eigenvalue weighted by Crippen LogP contribution is 2.23. The molecule has 1 fully saturated rings. The van der Waals surface area contributed by atoms with Gasteiger partial charge in [-0.15, -0.1) is 0 Å². The molecule has 1 aliphatic rings. The molecule has 0 spiro atoms. The summed E-state index contributed by atoms with van der Waals surface area (Å²) in [5.41, 5.74) is 1.83. The van der Waals surface area contributed by atoms with E-state index in [4.69, 9.17) is 4.74 Å². The number of ether oxygens (including phenoxy) is 1. The minimum Gasteiger partial charge on any atom is -0.462 e. The molecule has 0 saturated carbocycles. The first kappa shape index (κ1) is 17.9. The van der Waals surface area contributed by atoms with Gasteiger partial charge in [-0.2, -0.15) is 0 Å². The topological polar surface area (TPSA) is 49.9 Å². The Morgan fingerprint density at radius 3 is 2.31 bits per heavy atom. The summed E-state index contributed by atoms with van der Waals surface area (Å²) < 4.78 is 18.1. The van der Waals surface area contributed by atoms with E-state index in [1.54, 1.807) is 17.9 Å². The van der Waals surface area contributed by atoms with Gasteiger partial charge in [-0.25, -0.2) is 9.18 Å². The van der Waals surface area contributed by atoms with E-state index < -0.39 is 0 Å². The first-order valence-corrected chi connectivity index (χ1v) is 8.66. The van der Waals surface area contributed by atoms with Crippen LogP contribution in [0.3, 0.4) is 0 Å². The number of para-hydroxylation sites is 1. The predicted octanol–water partition coefficient (Wildman–Crippen LogP) is 2.96. The molecule has 5 nitrogen and oxygen atoms in total. The predicted molar refractivity (Wildman–Crippen MR) is 96.9 cm³/mol. The zero-order valence-electron chi connectivity index (χ0n) is 14.7. The lowest BCUT2D eigenvalue weighted by atomic mass is 10.1. The number of anilines is 1. The highest BCUT2D eigenvalue weighted by Gasteiger charge is 2.25. The Kier molecular flexibility index (Phi) is 5.51. The number of hydrogen-bond acceptors (Lipinski definition) is 4. The summed E-state index contributed by atoms with van der Waals surface area (Å²) in [4.78, 5) is 28.5. The summed E-state index contributed by atoms with van der Waals surface area (Å²) in [7, 11) is 0. The standard InChI is InChI=1S/C20H21FN2O3/c1-2-26-20(25)17-5-3-4-6-18(17)22-11-13-23(14-12-22)19(24)15-7-9-16(21)10-8-15/h3-10H,2,11-14H2,1H3. The average molecular weight is 356 g/mol. The number of benzene rings is 2. The van der Waals surface area contributed by atoms with Crippen molar-refractivity contribution in [2.75, 3.05) is 37.7 Å². The molecular formula is C20H21FN2O3. The van der Waals surface area contributed by atoms with E-state index in [1.807, 2.05) is 18.2 Å². The number of amides is 1. The molecule has 0 aromatic heterocycles. The van der Waals surface area contributed by atoms with Gasteiger partial charge < -0.3 is 14.5 Å². The zero-order chi connectivity index (χ0) is 18.5. The smallest absolute Gasteiger partial charge is 0.340 e. The highest BCUT2D eigenvalue weighted by atomic mass is 19.1. The summed E-state index contributed by atoms with van der Waals surface area (Å²) >= 11 is 0. The van der Waals surface area contributed by atoms with Crippen molar-refractivity contribution < 1.29 is 18.7 Å². The normalized spacial score (nSPS) is 14.2. The van der Waals surface area contributed by atoms with E-state index in [0.29, 0.717) is 43.9 Å². The van der Waals surface area contributed by atoms with Crippen LogP contribution in [0.15, 0.2) is 48.5 Å². The third kappa shape index (κ3) is 3.85. The van der Waals surface area contributed by atoms with Gasteiger partial charge in [0.1, 0.15) is 5.82 Å². The van der Waals surface area contributed by atoms with Gasteiger partial charge in [0.15, 0.2) is 0 Å². The SMILES string of the molecule is CCOC(=O)c1ccccc1N1CCN(C(=O)c2ccc(F)cc2)CC1. The third-order valence-corrected chi connectivity index (χ3v) is 4.40. The monoisotopic (exact) mass is 356 g/mol. The van der Waals surface area contributed by atoms with Crippen molar-refractivity contribution in [3.8, 4) is 0 Å². The van der Waals surface area contributed by atoms with Crippen LogP contribution in [0.2, 0.25) is 0 Å². The maximum atomic E-state index is 13.0. The number of nitrogens with zero attached hydrogens (tertiary/aromatic N) is 2. The van der Waals surface area contributed by atoms with Crippen molar-refractivity contribution in [3.05, 3.63) is 65.5 Å². The summed E-state index contributed by atoms with van der Waals surface area (Å²) in [6.07, 6.45) is 0. The minimum atomic E-state index is -0.359. The first-order chi connectivity index (χ1) is 12.6. The second-order valence-electron chi connectivity index (χ2n) is 6.02. The average Bonchev–Trinajstić information content (AvgIpc) is 2.68. The number of carbonyl (C=O) groups is 2. The lowest BCUT2D eigenvalue weighted by molar-refractivity contribution is 0.0526. The third-order valence-electron chi connectivity index (χ3n) is 4.40. The molecule has 0 atom stereocenters. The van der Waals surface area contributed by atoms with Crippen LogP contribution < -0.4 is 4.90 Å². The van der Waals surface area contributed by atoms with Crippen LogP contribution in [0.5, 0.6) is 0 Å². The molecule has 1 saturated heterocycles. The molecule has 1 amide bonds. The maximum Gasteiger partial charge on any atom is 0.340 e. The van der Waals surface area contributed by atoms with Gasteiger partial charge in [0.05, 0.1) is 17.9 Å². The summed E-state index contributed by atoms with van der Waals surface area (Å²) in [5, 5.41) is 0. The number of rotatable bonds is 4. The fraction of sp³-hybridized carbons (Fsp3) is 0.300. The van der Waals surface area contributed by atoms with Crippen molar-refractivity contribution in [3.63, 3.8) is 0 Å². The van der Waals surface area contributed by atoms with E-state index in [0.717, 1.165) is 5.69 Å². The number of esters is 1. The lowest BCUT2D eigenvalue weighted by Gasteiger charge is -2.36. The largest absolute Gasteiger partial charge is 0.462 e. The van der Waals surface area contributed by atoms with E-state index in [1.165, 1.54) is 24.3 Å². The Bertz CT molecular complexity index is 784. The zero-order valence-corrected chi connectivity index (χ0v) is 14.7. The van der Waals surface area contributed by atoms with Crippen LogP contribution in [0.1, 0.15) is 27.6 Å². The van der Waals surface area contributed by atoms with Crippen molar-refractivity contribution >= 4 is 17.6 Å². The van der Waals surface area contributed by atoms with Gasteiger partial charge in [0.25, 0.3) is 5.91 Å². The van der Waals surface area contributed by atoms with Crippen LogP contribution in [-0.2, 0) is 4.74 Å². The second-order valence-corrected chi connectivity index (χ2v) is 6.02. The number of carbonyl (C=O) groups excluding carboxylic acids is 2. The number of hydrogen-bond donors (Lipinski definition) is 0. The molecule has 2 aromatic rings. The fourth-order valence-corrected chi connectivity index (χ4v) is 3.06. The van der Waals surface area contributed by atoms with Crippen LogP contribution >= 0.6 is 0 Å². The number of halogens is 1. The van der Waals surface area contributed by atoms with E-state index >= 15 is 0 Å². The maximum absolute atomic E-state index is 13.0. The lowest BCUT2D eigenvalue weighted by Crippen LogP contribution is -2.49. The molecule has 0 unspecified atom stereocenters.